The second-order valence-electron chi connectivity index (χ2n) is 5.88. The number of amides is 1. The fraction of sp³-hybridized carbons (Fsp3) is 0.222. The number of nitrogens with zero attached hydrogens (tertiary/aromatic N) is 3. The molecule has 0 aliphatic rings. The van der Waals surface area contributed by atoms with Gasteiger partial charge >= 0.3 is 0 Å². The normalized spacial score (nSPS) is 10.9. The molecule has 118 valence electrons. The van der Waals surface area contributed by atoms with Gasteiger partial charge in [-0.25, -0.2) is 4.68 Å². The third-order valence-electron chi connectivity index (χ3n) is 3.53. The van der Waals surface area contributed by atoms with Gasteiger partial charge in [-0.1, -0.05) is 13.8 Å². The van der Waals surface area contributed by atoms with E-state index in [0.29, 0.717) is 11.5 Å². The molecule has 0 bridgehead atoms. The van der Waals surface area contributed by atoms with Crippen molar-refractivity contribution in [1.29, 1.82) is 0 Å². The van der Waals surface area contributed by atoms with Gasteiger partial charge in [0.15, 0.2) is 0 Å². The minimum absolute atomic E-state index is 0.130. The first-order valence-electron chi connectivity index (χ1n) is 7.70. The van der Waals surface area contributed by atoms with Crippen molar-refractivity contribution < 1.29 is 4.79 Å². The van der Waals surface area contributed by atoms with Crippen LogP contribution in [0.4, 0.5) is 5.82 Å². The van der Waals surface area contributed by atoms with Crippen molar-refractivity contribution in [3.63, 3.8) is 0 Å². The van der Waals surface area contributed by atoms with Crippen molar-refractivity contribution in [1.82, 2.24) is 14.3 Å². The van der Waals surface area contributed by atoms with Gasteiger partial charge in [0.1, 0.15) is 5.82 Å². The molecule has 2 heterocycles. The van der Waals surface area contributed by atoms with Gasteiger partial charge in [-0.3, -0.25) is 4.79 Å². The molecule has 3 rings (SSSR count). The summed E-state index contributed by atoms with van der Waals surface area (Å²) in [5, 5.41) is 7.17. The van der Waals surface area contributed by atoms with E-state index in [1.807, 2.05) is 64.1 Å². The molecular formula is C18H20N4O. The van der Waals surface area contributed by atoms with E-state index in [0.717, 1.165) is 18.1 Å². The van der Waals surface area contributed by atoms with E-state index in [1.165, 1.54) is 0 Å². The largest absolute Gasteiger partial charge is 0.324 e. The number of hydrogen-bond donors (Lipinski definition) is 1. The predicted molar refractivity (Wildman–Crippen MR) is 90.8 cm³/mol. The van der Waals surface area contributed by atoms with E-state index < -0.39 is 0 Å². The van der Waals surface area contributed by atoms with Crippen LogP contribution in [-0.2, 0) is 6.54 Å². The van der Waals surface area contributed by atoms with Crippen LogP contribution >= 0.6 is 0 Å². The Kier molecular flexibility index (Phi) is 4.28. The molecule has 0 fully saturated rings. The zero-order chi connectivity index (χ0) is 16.2. The molecule has 1 N–H and O–H groups in total. The Hall–Kier alpha value is -2.82. The smallest absolute Gasteiger partial charge is 0.256 e. The van der Waals surface area contributed by atoms with E-state index >= 15 is 0 Å². The molecular weight excluding hydrogens is 288 g/mol. The lowest BCUT2D eigenvalue weighted by Crippen LogP contribution is -2.17. The maximum absolute atomic E-state index is 12.4. The summed E-state index contributed by atoms with van der Waals surface area (Å²) in [5.74, 6) is 1.05. The third kappa shape index (κ3) is 3.51. The molecule has 0 aliphatic carbocycles. The van der Waals surface area contributed by atoms with Gasteiger partial charge in [0.25, 0.3) is 5.91 Å². The predicted octanol–water partition coefficient (Wildman–Crippen LogP) is 3.58. The number of nitrogens with one attached hydrogen (secondary N) is 1. The minimum atomic E-state index is -0.130. The average Bonchev–Trinajstić information content (AvgIpc) is 3.19. The summed E-state index contributed by atoms with van der Waals surface area (Å²) in [6.45, 7) is 5.01. The van der Waals surface area contributed by atoms with E-state index in [1.54, 1.807) is 6.20 Å². The highest BCUT2D eigenvalue weighted by molar-refractivity contribution is 6.03. The van der Waals surface area contributed by atoms with Crippen LogP contribution in [0.1, 0.15) is 24.2 Å². The molecule has 23 heavy (non-hydrogen) atoms. The minimum Gasteiger partial charge on any atom is -0.324 e. The van der Waals surface area contributed by atoms with Gasteiger partial charge in [0.2, 0.25) is 0 Å². The summed E-state index contributed by atoms with van der Waals surface area (Å²) in [5.41, 5.74) is 1.65. The lowest BCUT2D eigenvalue weighted by molar-refractivity contribution is 0.102. The van der Waals surface area contributed by atoms with Crippen molar-refractivity contribution in [2.24, 2.45) is 5.92 Å². The first-order valence-corrected chi connectivity index (χ1v) is 7.70. The Labute approximate surface area is 135 Å². The molecule has 5 nitrogen and oxygen atoms in total. The van der Waals surface area contributed by atoms with Crippen LogP contribution in [0.3, 0.4) is 0 Å². The summed E-state index contributed by atoms with van der Waals surface area (Å²) in [4.78, 5) is 12.4. The van der Waals surface area contributed by atoms with Gasteiger partial charge in [-0.15, -0.1) is 0 Å². The van der Waals surface area contributed by atoms with Crippen molar-refractivity contribution >= 4 is 11.7 Å². The summed E-state index contributed by atoms with van der Waals surface area (Å²) in [7, 11) is 0. The molecule has 0 unspecified atom stereocenters. The molecule has 0 aliphatic heterocycles. The molecule has 3 aromatic rings. The van der Waals surface area contributed by atoms with Gasteiger partial charge < -0.3 is 9.88 Å². The van der Waals surface area contributed by atoms with Crippen molar-refractivity contribution in [2.75, 3.05) is 5.32 Å². The van der Waals surface area contributed by atoms with Crippen molar-refractivity contribution in [3.8, 4) is 5.69 Å². The second-order valence-corrected chi connectivity index (χ2v) is 5.88. The Balaban J connectivity index is 1.72. The van der Waals surface area contributed by atoms with E-state index in [-0.39, 0.29) is 5.91 Å². The van der Waals surface area contributed by atoms with Crippen LogP contribution in [-0.4, -0.2) is 20.3 Å². The first-order chi connectivity index (χ1) is 11.1. The summed E-state index contributed by atoms with van der Waals surface area (Å²) >= 11 is 0. The van der Waals surface area contributed by atoms with E-state index in [2.05, 4.69) is 24.3 Å². The second kappa shape index (κ2) is 6.52. The maximum Gasteiger partial charge on any atom is 0.256 e. The monoisotopic (exact) mass is 308 g/mol. The van der Waals surface area contributed by atoms with Crippen LogP contribution < -0.4 is 5.32 Å². The molecule has 0 radical (unpaired) electrons. The van der Waals surface area contributed by atoms with Crippen molar-refractivity contribution in [3.05, 3.63) is 66.6 Å². The van der Waals surface area contributed by atoms with Crippen LogP contribution in [0.15, 0.2) is 61.1 Å². The molecule has 1 amide bonds. The molecule has 0 atom stereocenters. The lowest BCUT2D eigenvalue weighted by Gasteiger charge is -2.11. The SMILES string of the molecule is CC(C)Cn1nccc1NC(=O)c1ccc(-n2cccc2)cc1. The number of benzene rings is 1. The Morgan fingerprint density at radius 1 is 1.13 bits per heavy atom. The van der Waals surface area contributed by atoms with Crippen LogP contribution in [0.5, 0.6) is 0 Å². The average molecular weight is 308 g/mol. The highest BCUT2D eigenvalue weighted by atomic mass is 16.1. The highest BCUT2D eigenvalue weighted by Gasteiger charge is 2.10. The van der Waals surface area contributed by atoms with Crippen LogP contribution in [0, 0.1) is 5.92 Å². The number of hydrogen-bond acceptors (Lipinski definition) is 2. The van der Waals surface area contributed by atoms with Gasteiger partial charge in [-0.2, -0.15) is 5.10 Å². The molecule has 0 saturated heterocycles. The number of rotatable bonds is 5. The zero-order valence-electron chi connectivity index (χ0n) is 13.3. The van der Waals surface area contributed by atoms with Gasteiger partial charge in [0.05, 0.1) is 6.20 Å². The fourth-order valence-electron chi connectivity index (χ4n) is 2.41. The highest BCUT2D eigenvalue weighted by Crippen LogP contribution is 2.14. The molecule has 0 saturated carbocycles. The van der Waals surface area contributed by atoms with Crippen LogP contribution in [0.2, 0.25) is 0 Å². The number of aromatic nitrogens is 3. The Bertz CT molecular complexity index is 770. The topological polar surface area (TPSA) is 51.9 Å². The third-order valence-corrected chi connectivity index (χ3v) is 3.53. The zero-order valence-corrected chi connectivity index (χ0v) is 13.3. The van der Waals surface area contributed by atoms with E-state index in [4.69, 9.17) is 0 Å². The molecule has 5 heteroatoms. The first kappa shape index (κ1) is 15.1. The number of carbonyl (C=O) groups excluding carboxylic acids is 1. The Morgan fingerprint density at radius 2 is 1.83 bits per heavy atom. The fourth-order valence-corrected chi connectivity index (χ4v) is 2.41. The maximum atomic E-state index is 12.4. The summed E-state index contributed by atoms with van der Waals surface area (Å²) < 4.78 is 3.82. The van der Waals surface area contributed by atoms with Gasteiger partial charge in [0, 0.05) is 36.3 Å². The lowest BCUT2D eigenvalue weighted by atomic mass is 10.2. The standard InChI is InChI=1S/C18H20N4O/c1-14(2)13-22-17(9-10-19-22)20-18(23)15-5-7-16(8-6-15)21-11-3-4-12-21/h3-12,14H,13H2,1-2H3,(H,20,23). The number of anilines is 1. The summed E-state index contributed by atoms with van der Waals surface area (Å²) in [6, 6.07) is 13.3. The summed E-state index contributed by atoms with van der Waals surface area (Å²) in [6.07, 6.45) is 5.65. The Morgan fingerprint density at radius 3 is 2.48 bits per heavy atom. The molecule has 2 aromatic heterocycles. The van der Waals surface area contributed by atoms with Crippen molar-refractivity contribution in [2.45, 2.75) is 20.4 Å². The number of carbonyl (C=O) groups is 1. The molecule has 1 aromatic carbocycles. The van der Waals surface area contributed by atoms with Gasteiger partial charge in [-0.05, 0) is 42.3 Å². The quantitative estimate of drug-likeness (QED) is 0.783. The van der Waals surface area contributed by atoms with Crippen LogP contribution in [0.25, 0.3) is 5.69 Å². The molecule has 0 spiro atoms. The van der Waals surface area contributed by atoms with E-state index in [9.17, 15) is 4.79 Å².